The van der Waals surface area contributed by atoms with Crippen molar-refractivity contribution >= 4 is 39.1 Å². The summed E-state index contributed by atoms with van der Waals surface area (Å²) in [6, 6.07) is 4.95. The van der Waals surface area contributed by atoms with Gasteiger partial charge in [0.1, 0.15) is 0 Å². The van der Waals surface area contributed by atoms with Crippen LogP contribution >= 0.6 is 11.6 Å². The predicted molar refractivity (Wildman–Crippen MR) is 103 cm³/mol. The Hall–Kier alpha value is -2.84. The van der Waals surface area contributed by atoms with Gasteiger partial charge in [-0.15, -0.1) is 0 Å². The normalized spacial score (nSPS) is 14.3. The Morgan fingerprint density at radius 3 is 1.97 bits per heavy atom. The molecule has 0 bridgehead atoms. The lowest BCUT2D eigenvalue weighted by Gasteiger charge is -2.25. The van der Waals surface area contributed by atoms with Crippen molar-refractivity contribution in [1.82, 2.24) is 4.72 Å². The molecule has 2 aromatic carbocycles. The third-order valence-corrected chi connectivity index (χ3v) is 5.84. The van der Waals surface area contributed by atoms with E-state index in [1.54, 1.807) is 10.0 Å². The van der Waals surface area contributed by atoms with Crippen LogP contribution in [0.1, 0.15) is 22.8 Å². The van der Waals surface area contributed by atoms with E-state index in [4.69, 9.17) is 11.6 Å². The maximum Gasteiger partial charge on any atom is 0.426 e. The second-order valence-corrected chi connectivity index (χ2v) is 8.77. The number of alkyl halides is 6. The molecule has 0 aliphatic rings. The molecule has 0 saturated carbocycles. The Morgan fingerprint density at radius 2 is 1.52 bits per heavy atom. The van der Waals surface area contributed by atoms with Crippen molar-refractivity contribution in [2.75, 3.05) is 5.32 Å². The van der Waals surface area contributed by atoms with Crippen LogP contribution < -0.4 is 10.0 Å². The average molecular weight is 519 g/mol. The zero-order chi connectivity index (χ0) is 25.4. The third-order valence-electron chi connectivity index (χ3n) is 4.19. The molecule has 0 fully saturated rings. The standard InChI is InChI=1S/C18H13ClF6N2O5S/c1-16(30,18(23,24)25)15(29)26-13-7-6-11(8-12(13)19)33(31,32)27-14(28)9-2-4-10(5-3-9)17(20,21)22/h2-8,30H,1H3,(H,26,29)(H,27,28)/t16-/m1/s1. The summed E-state index contributed by atoms with van der Waals surface area (Å²) in [6.07, 6.45) is -9.97. The van der Waals surface area contributed by atoms with Gasteiger partial charge in [0, 0.05) is 5.56 Å². The number of hydrogen-bond acceptors (Lipinski definition) is 5. The molecule has 0 saturated heterocycles. The molecule has 0 aliphatic carbocycles. The van der Waals surface area contributed by atoms with E-state index >= 15 is 0 Å². The molecule has 0 aliphatic heterocycles. The number of aliphatic hydroxyl groups is 1. The molecule has 3 N–H and O–H groups in total. The van der Waals surface area contributed by atoms with E-state index in [9.17, 15) is 49.5 Å². The van der Waals surface area contributed by atoms with Crippen molar-refractivity contribution in [1.29, 1.82) is 0 Å². The van der Waals surface area contributed by atoms with Crippen LogP contribution in [0.5, 0.6) is 0 Å². The first-order valence-electron chi connectivity index (χ1n) is 8.51. The Kier molecular flexibility index (Phi) is 7.07. The van der Waals surface area contributed by atoms with Gasteiger partial charge >= 0.3 is 12.4 Å². The summed E-state index contributed by atoms with van der Waals surface area (Å²) in [6.45, 7) is 0.200. The lowest BCUT2D eigenvalue weighted by Crippen LogP contribution is -2.52. The maximum atomic E-state index is 12.7. The molecule has 180 valence electrons. The molecule has 0 unspecified atom stereocenters. The molecule has 0 aromatic heterocycles. The number of hydrogen-bond donors (Lipinski definition) is 3. The Bertz CT molecular complexity index is 1180. The number of carbonyl (C=O) groups excluding carboxylic acids is 2. The van der Waals surface area contributed by atoms with Gasteiger partial charge in [-0.25, -0.2) is 13.1 Å². The number of amides is 2. The van der Waals surface area contributed by atoms with Crippen molar-refractivity contribution in [3.05, 3.63) is 58.6 Å². The predicted octanol–water partition coefficient (Wildman–Crippen LogP) is 3.73. The molecule has 2 amide bonds. The van der Waals surface area contributed by atoms with Gasteiger partial charge in [0.25, 0.3) is 21.8 Å². The van der Waals surface area contributed by atoms with E-state index in [2.05, 4.69) is 0 Å². The Morgan fingerprint density at radius 1 is 0.970 bits per heavy atom. The van der Waals surface area contributed by atoms with Crippen LogP contribution in [0.15, 0.2) is 47.4 Å². The Balaban J connectivity index is 2.21. The Labute approximate surface area is 187 Å². The summed E-state index contributed by atoms with van der Waals surface area (Å²) in [5.74, 6) is -3.15. The topological polar surface area (TPSA) is 113 Å². The lowest BCUT2D eigenvalue weighted by atomic mass is 10.1. The zero-order valence-corrected chi connectivity index (χ0v) is 17.7. The highest BCUT2D eigenvalue weighted by molar-refractivity contribution is 7.90. The van der Waals surface area contributed by atoms with E-state index in [-0.39, 0.29) is 6.92 Å². The summed E-state index contributed by atoms with van der Waals surface area (Å²) in [5.41, 5.74) is -5.71. The van der Waals surface area contributed by atoms with Crippen LogP contribution in [0.3, 0.4) is 0 Å². The molecule has 7 nitrogen and oxygen atoms in total. The first-order valence-corrected chi connectivity index (χ1v) is 10.4. The molecule has 0 radical (unpaired) electrons. The minimum atomic E-state index is -5.31. The van der Waals surface area contributed by atoms with Gasteiger partial charge in [-0.2, -0.15) is 26.3 Å². The highest BCUT2D eigenvalue weighted by Crippen LogP contribution is 2.33. The first kappa shape index (κ1) is 26.4. The highest BCUT2D eigenvalue weighted by Gasteiger charge is 2.55. The monoisotopic (exact) mass is 518 g/mol. The van der Waals surface area contributed by atoms with E-state index in [1.165, 1.54) is 0 Å². The number of benzene rings is 2. The van der Waals surface area contributed by atoms with Gasteiger partial charge in [0.2, 0.25) is 5.60 Å². The van der Waals surface area contributed by atoms with Gasteiger partial charge in [0.05, 0.1) is 21.2 Å². The third kappa shape index (κ3) is 5.94. The minimum absolute atomic E-state index is 0.200. The van der Waals surface area contributed by atoms with Gasteiger partial charge in [-0.05, 0) is 49.4 Å². The minimum Gasteiger partial charge on any atom is -0.373 e. The van der Waals surface area contributed by atoms with Crippen molar-refractivity contribution in [2.45, 2.75) is 29.8 Å². The van der Waals surface area contributed by atoms with E-state index in [1.807, 2.05) is 0 Å². The van der Waals surface area contributed by atoms with Crippen LogP contribution in [0.4, 0.5) is 32.0 Å². The van der Waals surface area contributed by atoms with Crippen molar-refractivity contribution in [3.8, 4) is 0 Å². The van der Waals surface area contributed by atoms with Crippen molar-refractivity contribution in [2.24, 2.45) is 0 Å². The fourth-order valence-electron chi connectivity index (χ4n) is 2.19. The number of carbonyl (C=O) groups is 2. The van der Waals surface area contributed by atoms with Crippen molar-refractivity contribution < 1.29 is 49.5 Å². The quantitative estimate of drug-likeness (QED) is 0.522. The summed E-state index contributed by atoms with van der Waals surface area (Å²) < 4.78 is 102. The van der Waals surface area contributed by atoms with Crippen LogP contribution in [-0.2, 0) is 21.0 Å². The molecule has 0 spiro atoms. The molecular formula is C18H13ClF6N2O5S. The molecule has 2 aromatic rings. The summed E-state index contributed by atoms with van der Waals surface area (Å²) in [4.78, 5) is 23.2. The van der Waals surface area contributed by atoms with Gasteiger partial charge in [-0.1, -0.05) is 11.6 Å². The van der Waals surface area contributed by atoms with E-state index < -0.39 is 66.5 Å². The fourth-order valence-corrected chi connectivity index (χ4v) is 3.48. The smallest absolute Gasteiger partial charge is 0.373 e. The number of nitrogens with one attached hydrogen (secondary N) is 2. The van der Waals surface area contributed by atoms with Gasteiger partial charge in [-0.3, -0.25) is 9.59 Å². The number of halogens is 7. The molecule has 33 heavy (non-hydrogen) atoms. The lowest BCUT2D eigenvalue weighted by molar-refractivity contribution is -0.242. The largest absolute Gasteiger partial charge is 0.426 e. The fraction of sp³-hybridized carbons (Fsp3) is 0.222. The maximum absolute atomic E-state index is 12.7. The highest BCUT2D eigenvalue weighted by atomic mass is 35.5. The SMILES string of the molecule is C[C@@](O)(C(=O)Nc1ccc(S(=O)(=O)NC(=O)c2ccc(C(F)(F)F)cc2)cc1Cl)C(F)(F)F. The molecule has 15 heteroatoms. The second kappa shape index (κ2) is 8.83. The summed E-state index contributed by atoms with van der Waals surface area (Å²) in [7, 11) is -4.61. The zero-order valence-electron chi connectivity index (χ0n) is 16.2. The van der Waals surface area contributed by atoms with Gasteiger partial charge < -0.3 is 10.4 Å². The van der Waals surface area contributed by atoms with Crippen LogP contribution in [-0.4, -0.2) is 37.1 Å². The number of rotatable bonds is 5. The molecule has 1 atom stereocenters. The molecule has 0 heterocycles. The number of sulfonamides is 1. The first-order chi connectivity index (χ1) is 14.9. The average Bonchev–Trinajstić information content (AvgIpc) is 2.67. The van der Waals surface area contributed by atoms with E-state index in [0.717, 1.165) is 24.3 Å². The van der Waals surface area contributed by atoms with Gasteiger partial charge in [0.15, 0.2) is 0 Å². The summed E-state index contributed by atoms with van der Waals surface area (Å²) >= 11 is 5.80. The number of anilines is 1. The molecule has 2 rings (SSSR count). The summed E-state index contributed by atoms with van der Waals surface area (Å²) in [5, 5.41) is 10.5. The molecular weight excluding hydrogens is 506 g/mol. The van der Waals surface area contributed by atoms with Crippen LogP contribution in [0.2, 0.25) is 5.02 Å². The van der Waals surface area contributed by atoms with Crippen molar-refractivity contribution in [3.63, 3.8) is 0 Å². The second-order valence-electron chi connectivity index (χ2n) is 6.68. The van der Waals surface area contributed by atoms with Crippen LogP contribution in [0.25, 0.3) is 0 Å². The van der Waals surface area contributed by atoms with Crippen LogP contribution in [0, 0.1) is 0 Å². The van der Waals surface area contributed by atoms with E-state index in [0.29, 0.717) is 18.2 Å².